The normalized spacial score (nSPS) is 21.4. The molecule has 1 aromatic heterocycles. The van der Waals surface area contributed by atoms with Gasteiger partial charge in [-0.15, -0.1) is 11.3 Å². The Morgan fingerprint density at radius 1 is 1.24 bits per heavy atom. The van der Waals surface area contributed by atoms with E-state index in [1.165, 1.54) is 40.8 Å². The van der Waals surface area contributed by atoms with Crippen molar-refractivity contribution in [2.24, 2.45) is 5.92 Å². The van der Waals surface area contributed by atoms with Crippen molar-refractivity contribution < 1.29 is 0 Å². The smallest absolute Gasteiger partial charge is 0.0701 e. The Kier molecular flexibility index (Phi) is 5.07. The van der Waals surface area contributed by atoms with E-state index in [1.807, 2.05) is 11.3 Å². The zero-order valence-corrected chi connectivity index (χ0v) is 13.1. The van der Waals surface area contributed by atoms with Crippen molar-refractivity contribution in [2.75, 3.05) is 0 Å². The maximum Gasteiger partial charge on any atom is 0.0701 e. The molecule has 17 heavy (non-hydrogen) atoms. The van der Waals surface area contributed by atoms with Gasteiger partial charge < -0.3 is 5.32 Å². The van der Waals surface area contributed by atoms with Crippen molar-refractivity contribution >= 4 is 27.3 Å². The number of nitrogens with one attached hydrogen (secondary N) is 1. The van der Waals surface area contributed by atoms with Crippen LogP contribution in [0.3, 0.4) is 0 Å². The molecule has 1 aromatic rings. The summed E-state index contributed by atoms with van der Waals surface area (Å²) >= 11 is 5.37. The third kappa shape index (κ3) is 3.80. The van der Waals surface area contributed by atoms with Crippen molar-refractivity contribution in [2.45, 2.75) is 58.0 Å². The number of halogens is 1. The van der Waals surface area contributed by atoms with Gasteiger partial charge in [0.2, 0.25) is 0 Å². The third-order valence-corrected chi connectivity index (χ3v) is 5.70. The van der Waals surface area contributed by atoms with E-state index in [9.17, 15) is 0 Å². The minimum atomic E-state index is 0.475. The predicted molar refractivity (Wildman–Crippen MR) is 79.6 cm³/mol. The van der Waals surface area contributed by atoms with Gasteiger partial charge >= 0.3 is 0 Å². The van der Waals surface area contributed by atoms with Crippen LogP contribution in [0.1, 0.15) is 56.9 Å². The molecule has 1 fully saturated rings. The van der Waals surface area contributed by atoms with Crippen molar-refractivity contribution in [1.82, 2.24) is 5.32 Å². The summed E-state index contributed by atoms with van der Waals surface area (Å²) in [6.07, 6.45) is 7.12. The van der Waals surface area contributed by atoms with Gasteiger partial charge in [0.15, 0.2) is 0 Å². The lowest BCUT2D eigenvalue weighted by Crippen LogP contribution is -2.36. The summed E-state index contributed by atoms with van der Waals surface area (Å²) in [6.45, 7) is 4.63. The Balaban J connectivity index is 1.87. The molecular weight excluding hydrogens is 294 g/mol. The molecular formula is C14H22BrNS. The summed E-state index contributed by atoms with van der Waals surface area (Å²) in [7, 11) is 0. The highest BCUT2D eigenvalue weighted by atomic mass is 79.9. The van der Waals surface area contributed by atoms with Gasteiger partial charge in [0.25, 0.3) is 0 Å². The quantitative estimate of drug-likeness (QED) is 0.812. The fourth-order valence-electron chi connectivity index (χ4n) is 2.81. The Morgan fingerprint density at radius 2 is 1.94 bits per heavy atom. The lowest BCUT2D eigenvalue weighted by Gasteiger charge is -2.30. The zero-order valence-electron chi connectivity index (χ0n) is 10.7. The molecule has 3 heteroatoms. The topological polar surface area (TPSA) is 12.0 Å². The second-order valence-corrected chi connectivity index (χ2v) is 7.71. The molecule has 1 unspecified atom stereocenters. The lowest BCUT2D eigenvalue weighted by atomic mass is 9.84. The van der Waals surface area contributed by atoms with Crippen molar-refractivity contribution in [3.05, 3.63) is 20.8 Å². The molecule has 1 N–H and O–H groups in total. The molecule has 0 bridgehead atoms. The molecule has 0 saturated heterocycles. The fourth-order valence-corrected chi connectivity index (χ4v) is 4.24. The number of hydrogen-bond donors (Lipinski definition) is 1. The van der Waals surface area contributed by atoms with E-state index < -0.39 is 0 Å². The minimum absolute atomic E-state index is 0.475. The van der Waals surface area contributed by atoms with Crippen LogP contribution in [0.5, 0.6) is 0 Å². The van der Waals surface area contributed by atoms with Crippen LogP contribution in [0.2, 0.25) is 0 Å². The molecule has 0 spiro atoms. The van der Waals surface area contributed by atoms with Crippen LogP contribution >= 0.6 is 27.3 Å². The van der Waals surface area contributed by atoms with Crippen LogP contribution in [-0.4, -0.2) is 6.04 Å². The van der Waals surface area contributed by atoms with E-state index in [1.54, 1.807) is 0 Å². The van der Waals surface area contributed by atoms with Gasteiger partial charge in [0, 0.05) is 17.0 Å². The maximum atomic E-state index is 3.77. The molecule has 2 rings (SSSR count). The summed E-state index contributed by atoms with van der Waals surface area (Å²) in [6, 6.07) is 5.48. The van der Waals surface area contributed by atoms with Crippen LogP contribution < -0.4 is 5.32 Å². The van der Waals surface area contributed by atoms with Crippen LogP contribution in [0.15, 0.2) is 15.9 Å². The minimum Gasteiger partial charge on any atom is -0.307 e. The van der Waals surface area contributed by atoms with Crippen LogP contribution in [0, 0.1) is 5.92 Å². The van der Waals surface area contributed by atoms with Crippen molar-refractivity contribution in [3.63, 3.8) is 0 Å². The summed E-state index contributed by atoms with van der Waals surface area (Å²) in [5.41, 5.74) is 0. The Hall–Kier alpha value is 0.140. The van der Waals surface area contributed by atoms with Gasteiger partial charge in [-0.05, 0) is 60.7 Å². The first-order valence-electron chi connectivity index (χ1n) is 6.68. The Bertz CT molecular complexity index is 344. The molecule has 1 aliphatic rings. The van der Waals surface area contributed by atoms with E-state index in [-0.39, 0.29) is 0 Å². The van der Waals surface area contributed by atoms with Crippen molar-refractivity contribution in [3.8, 4) is 0 Å². The first-order valence-corrected chi connectivity index (χ1v) is 8.29. The Labute approximate surface area is 117 Å². The highest BCUT2D eigenvalue weighted by molar-refractivity contribution is 9.11. The molecule has 0 amide bonds. The van der Waals surface area contributed by atoms with Gasteiger partial charge in [-0.25, -0.2) is 0 Å². The third-order valence-electron chi connectivity index (χ3n) is 3.89. The molecule has 1 saturated carbocycles. The fraction of sp³-hybridized carbons (Fsp3) is 0.714. The summed E-state index contributed by atoms with van der Waals surface area (Å²) < 4.78 is 1.23. The van der Waals surface area contributed by atoms with Gasteiger partial charge in [-0.1, -0.05) is 19.3 Å². The standard InChI is InChI=1S/C14H22BrNS/c1-10(12-6-4-3-5-7-12)16-11(2)13-8-9-14(15)17-13/h8-12,16H,3-7H2,1-2H3/t10-,11?/m0/s1. The predicted octanol–water partition coefficient (Wildman–Crippen LogP) is 5.13. The number of hydrogen-bond acceptors (Lipinski definition) is 2. The molecule has 0 aromatic carbocycles. The SMILES string of the molecule is CC(N[C@@H](C)C1CCCCC1)c1ccc(Br)s1. The monoisotopic (exact) mass is 315 g/mol. The average molecular weight is 316 g/mol. The number of thiophene rings is 1. The molecule has 1 aliphatic carbocycles. The molecule has 2 atom stereocenters. The first kappa shape index (κ1) is 13.6. The maximum absolute atomic E-state index is 3.77. The highest BCUT2D eigenvalue weighted by Gasteiger charge is 2.21. The van der Waals surface area contributed by atoms with Gasteiger partial charge in [-0.3, -0.25) is 0 Å². The number of rotatable bonds is 4. The summed E-state index contributed by atoms with van der Waals surface area (Å²) in [5, 5.41) is 3.77. The second kappa shape index (κ2) is 6.35. The van der Waals surface area contributed by atoms with E-state index in [0.717, 1.165) is 5.92 Å². The molecule has 1 heterocycles. The second-order valence-electron chi connectivity index (χ2n) is 5.22. The zero-order chi connectivity index (χ0) is 12.3. The average Bonchev–Trinajstić information content (AvgIpc) is 2.77. The van der Waals surface area contributed by atoms with E-state index >= 15 is 0 Å². The lowest BCUT2D eigenvalue weighted by molar-refractivity contribution is 0.269. The van der Waals surface area contributed by atoms with E-state index in [4.69, 9.17) is 0 Å². The van der Waals surface area contributed by atoms with Crippen molar-refractivity contribution in [1.29, 1.82) is 0 Å². The molecule has 0 radical (unpaired) electrons. The van der Waals surface area contributed by atoms with Gasteiger partial charge in [-0.2, -0.15) is 0 Å². The van der Waals surface area contributed by atoms with E-state index in [0.29, 0.717) is 12.1 Å². The highest BCUT2D eigenvalue weighted by Crippen LogP contribution is 2.30. The van der Waals surface area contributed by atoms with Crippen LogP contribution in [0.25, 0.3) is 0 Å². The largest absolute Gasteiger partial charge is 0.307 e. The van der Waals surface area contributed by atoms with Gasteiger partial charge in [0.1, 0.15) is 0 Å². The van der Waals surface area contributed by atoms with Crippen LogP contribution in [0.4, 0.5) is 0 Å². The van der Waals surface area contributed by atoms with Crippen LogP contribution in [-0.2, 0) is 0 Å². The van der Waals surface area contributed by atoms with E-state index in [2.05, 4.69) is 47.2 Å². The first-order chi connectivity index (χ1) is 8.16. The summed E-state index contributed by atoms with van der Waals surface area (Å²) in [5.74, 6) is 0.884. The van der Waals surface area contributed by atoms with Gasteiger partial charge in [0.05, 0.1) is 3.79 Å². The molecule has 1 nitrogen and oxygen atoms in total. The molecule has 96 valence electrons. The molecule has 0 aliphatic heterocycles. The Morgan fingerprint density at radius 3 is 2.53 bits per heavy atom. The summed E-state index contributed by atoms with van der Waals surface area (Å²) in [4.78, 5) is 1.43.